The summed E-state index contributed by atoms with van der Waals surface area (Å²) in [7, 11) is 0. The monoisotopic (exact) mass is 301 g/mol. The van der Waals surface area contributed by atoms with E-state index in [0.717, 1.165) is 17.5 Å². The van der Waals surface area contributed by atoms with Crippen molar-refractivity contribution in [2.45, 2.75) is 38.5 Å². The first-order valence-electron chi connectivity index (χ1n) is 5.82. The van der Waals surface area contributed by atoms with Gasteiger partial charge in [-0.2, -0.15) is 0 Å². The molecular weight excluding hydrogens is 285 g/mol. The molecule has 1 aromatic carbocycles. The third kappa shape index (κ3) is 2.87. The topological polar surface area (TPSA) is 21.3 Å². The highest BCUT2D eigenvalue weighted by atomic mass is 79.9. The van der Waals surface area contributed by atoms with E-state index in [1.165, 1.54) is 6.07 Å². The minimum absolute atomic E-state index is 0.0608. The van der Waals surface area contributed by atoms with E-state index < -0.39 is 0 Å². The summed E-state index contributed by atoms with van der Waals surface area (Å²) in [6.07, 6.45) is 1.13. The zero-order valence-electron chi connectivity index (χ0n) is 10.1. The van der Waals surface area contributed by atoms with E-state index >= 15 is 0 Å². The predicted molar refractivity (Wildman–Crippen MR) is 69.4 cm³/mol. The van der Waals surface area contributed by atoms with Gasteiger partial charge in [0, 0.05) is 28.7 Å². The van der Waals surface area contributed by atoms with Crippen LogP contribution in [0.3, 0.4) is 0 Å². The lowest BCUT2D eigenvalue weighted by Crippen LogP contribution is -2.47. The van der Waals surface area contributed by atoms with Crippen molar-refractivity contribution in [3.63, 3.8) is 0 Å². The largest absolute Gasteiger partial charge is 0.377 e. The van der Waals surface area contributed by atoms with E-state index in [4.69, 9.17) is 4.74 Å². The lowest BCUT2D eigenvalue weighted by atomic mass is 9.94. The van der Waals surface area contributed by atoms with Crippen molar-refractivity contribution in [2.24, 2.45) is 0 Å². The quantitative estimate of drug-likeness (QED) is 0.925. The molecule has 1 fully saturated rings. The molecule has 0 bridgehead atoms. The van der Waals surface area contributed by atoms with E-state index in [2.05, 4.69) is 35.1 Å². The Morgan fingerprint density at radius 3 is 3.00 bits per heavy atom. The Balaban J connectivity index is 2.04. The first kappa shape index (κ1) is 13.0. The Labute approximate surface area is 110 Å². The third-order valence-corrected chi connectivity index (χ3v) is 4.07. The SMILES string of the molecule is CC1OCCC1(C)NCc1cc(Br)ccc1F. The first-order valence-corrected chi connectivity index (χ1v) is 6.61. The summed E-state index contributed by atoms with van der Waals surface area (Å²) < 4.78 is 20.0. The molecule has 1 aliphatic rings. The minimum Gasteiger partial charge on any atom is -0.377 e. The van der Waals surface area contributed by atoms with Crippen molar-refractivity contribution in [3.05, 3.63) is 34.1 Å². The number of benzene rings is 1. The lowest BCUT2D eigenvalue weighted by Gasteiger charge is -2.29. The van der Waals surface area contributed by atoms with Crippen LogP contribution in [0.1, 0.15) is 25.8 Å². The summed E-state index contributed by atoms with van der Waals surface area (Å²) in [6.45, 7) is 5.47. The Morgan fingerprint density at radius 1 is 1.59 bits per heavy atom. The molecule has 0 amide bonds. The van der Waals surface area contributed by atoms with Gasteiger partial charge in [0.1, 0.15) is 5.82 Å². The van der Waals surface area contributed by atoms with Gasteiger partial charge in [-0.1, -0.05) is 15.9 Å². The number of hydrogen-bond acceptors (Lipinski definition) is 2. The Morgan fingerprint density at radius 2 is 2.35 bits per heavy atom. The molecule has 0 saturated carbocycles. The van der Waals surface area contributed by atoms with Crippen molar-refractivity contribution >= 4 is 15.9 Å². The summed E-state index contributed by atoms with van der Waals surface area (Å²) in [5.41, 5.74) is 0.620. The van der Waals surface area contributed by atoms with Crippen molar-refractivity contribution in [1.82, 2.24) is 5.32 Å². The molecule has 1 aromatic rings. The van der Waals surface area contributed by atoms with Crippen LogP contribution in [0.4, 0.5) is 4.39 Å². The van der Waals surface area contributed by atoms with Gasteiger partial charge in [0.05, 0.1) is 6.10 Å². The van der Waals surface area contributed by atoms with Gasteiger partial charge in [-0.15, -0.1) is 0 Å². The highest BCUT2D eigenvalue weighted by Gasteiger charge is 2.36. The summed E-state index contributed by atoms with van der Waals surface area (Å²) in [4.78, 5) is 0. The van der Waals surface area contributed by atoms with E-state index in [1.807, 2.05) is 6.07 Å². The van der Waals surface area contributed by atoms with Crippen molar-refractivity contribution in [2.75, 3.05) is 6.61 Å². The highest BCUT2D eigenvalue weighted by molar-refractivity contribution is 9.10. The molecule has 0 radical (unpaired) electrons. The van der Waals surface area contributed by atoms with Crippen molar-refractivity contribution < 1.29 is 9.13 Å². The van der Waals surface area contributed by atoms with Crippen LogP contribution in [0.15, 0.2) is 22.7 Å². The van der Waals surface area contributed by atoms with Crippen LogP contribution >= 0.6 is 15.9 Å². The molecule has 0 spiro atoms. The number of nitrogens with one attached hydrogen (secondary N) is 1. The third-order valence-electron chi connectivity index (χ3n) is 3.58. The molecule has 1 N–H and O–H groups in total. The van der Waals surface area contributed by atoms with Gasteiger partial charge in [-0.3, -0.25) is 0 Å². The second kappa shape index (κ2) is 5.04. The van der Waals surface area contributed by atoms with Crippen LogP contribution in [0.5, 0.6) is 0 Å². The zero-order valence-corrected chi connectivity index (χ0v) is 11.7. The number of rotatable bonds is 3. The maximum absolute atomic E-state index is 13.6. The van der Waals surface area contributed by atoms with Crippen LogP contribution < -0.4 is 5.32 Å². The van der Waals surface area contributed by atoms with Gasteiger partial charge < -0.3 is 10.1 Å². The van der Waals surface area contributed by atoms with E-state index in [-0.39, 0.29) is 17.5 Å². The van der Waals surface area contributed by atoms with Gasteiger partial charge in [-0.25, -0.2) is 4.39 Å². The summed E-state index contributed by atoms with van der Waals surface area (Å²) >= 11 is 3.36. The Hall–Kier alpha value is -0.450. The fourth-order valence-electron chi connectivity index (χ4n) is 2.04. The summed E-state index contributed by atoms with van der Waals surface area (Å²) in [6, 6.07) is 5.01. The number of halogens is 2. The molecular formula is C13H17BrFNO. The molecule has 0 aliphatic carbocycles. The summed E-state index contributed by atoms with van der Waals surface area (Å²) in [5.74, 6) is -0.170. The number of hydrogen-bond donors (Lipinski definition) is 1. The van der Waals surface area contributed by atoms with Gasteiger partial charge in [0.2, 0.25) is 0 Å². The van der Waals surface area contributed by atoms with Crippen molar-refractivity contribution in [1.29, 1.82) is 0 Å². The van der Waals surface area contributed by atoms with Gasteiger partial charge in [-0.05, 0) is 38.5 Å². The van der Waals surface area contributed by atoms with E-state index in [1.54, 1.807) is 6.07 Å². The lowest BCUT2D eigenvalue weighted by molar-refractivity contribution is 0.0880. The Bertz CT molecular complexity index is 412. The molecule has 2 atom stereocenters. The fourth-order valence-corrected chi connectivity index (χ4v) is 2.45. The second-order valence-electron chi connectivity index (χ2n) is 4.77. The zero-order chi connectivity index (χ0) is 12.5. The maximum atomic E-state index is 13.6. The van der Waals surface area contributed by atoms with Crippen LogP contribution in [-0.4, -0.2) is 18.2 Å². The minimum atomic E-state index is -0.170. The molecule has 17 heavy (non-hydrogen) atoms. The standard InChI is InChI=1S/C13H17BrFNO/c1-9-13(2,5-6-17-9)16-8-10-7-11(14)3-4-12(10)15/h3-4,7,9,16H,5-6,8H2,1-2H3. The Kier molecular flexibility index (Phi) is 3.85. The van der Waals surface area contributed by atoms with E-state index in [9.17, 15) is 4.39 Å². The molecule has 0 aromatic heterocycles. The van der Waals surface area contributed by atoms with Crippen LogP contribution in [0.2, 0.25) is 0 Å². The second-order valence-corrected chi connectivity index (χ2v) is 5.69. The van der Waals surface area contributed by atoms with E-state index in [0.29, 0.717) is 12.1 Å². The molecule has 94 valence electrons. The molecule has 2 nitrogen and oxygen atoms in total. The van der Waals surface area contributed by atoms with Crippen LogP contribution in [0.25, 0.3) is 0 Å². The molecule has 2 rings (SSSR count). The predicted octanol–water partition coefficient (Wildman–Crippen LogP) is 3.25. The van der Waals surface area contributed by atoms with Gasteiger partial charge in [0.15, 0.2) is 0 Å². The normalized spacial score (nSPS) is 28.6. The van der Waals surface area contributed by atoms with Gasteiger partial charge >= 0.3 is 0 Å². The molecule has 1 saturated heterocycles. The van der Waals surface area contributed by atoms with Crippen LogP contribution in [-0.2, 0) is 11.3 Å². The number of ether oxygens (including phenoxy) is 1. The average molecular weight is 302 g/mol. The van der Waals surface area contributed by atoms with Gasteiger partial charge in [0.25, 0.3) is 0 Å². The first-order chi connectivity index (χ1) is 8.01. The average Bonchev–Trinajstić information content (AvgIpc) is 2.61. The summed E-state index contributed by atoms with van der Waals surface area (Å²) in [5, 5.41) is 3.41. The fraction of sp³-hybridized carbons (Fsp3) is 0.538. The maximum Gasteiger partial charge on any atom is 0.127 e. The highest BCUT2D eigenvalue weighted by Crippen LogP contribution is 2.26. The molecule has 1 aliphatic heterocycles. The molecule has 4 heteroatoms. The smallest absolute Gasteiger partial charge is 0.127 e. The molecule has 1 heterocycles. The van der Waals surface area contributed by atoms with Crippen LogP contribution in [0, 0.1) is 5.82 Å². The van der Waals surface area contributed by atoms with Crippen molar-refractivity contribution in [3.8, 4) is 0 Å². The molecule has 2 unspecified atom stereocenters.